The summed E-state index contributed by atoms with van der Waals surface area (Å²) >= 11 is 0. The maximum Gasteiger partial charge on any atom is 0.314 e. The minimum Gasteiger partial charge on any atom is -0.345 e. The molecule has 6 nitrogen and oxygen atoms in total. The fourth-order valence-electron chi connectivity index (χ4n) is 2.67. The van der Waals surface area contributed by atoms with Crippen LogP contribution in [0.15, 0.2) is 42.6 Å². The molecule has 1 aromatic heterocycles. The Morgan fingerprint density at radius 2 is 1.77 bits per heavy atom. The predicted octanol–water partition coefficient (Wildman–Crippen LogP) is 1.87. The van der Waals surface area contributed by atoms with Crippen LogP contribution in [0.3, 0.4) is 0 Å². The molecule has 0 radical (unpaired) electrons. The van der Waals surface area contributed by atoms with E-state index in [0.29, 0.717) is 5.82 Å². The van der Waals surface area contributed by atoms with Crippen molar-refractivity contribution in [1.29, 1.82) is 0 Å². The third-order valence-corrected chi connectivity index (χ3v) is 3.78. The second kappa shape index (κ2) is 6.43. The second-order valence-electron chi connectivity index (χ2n) is 5.37. The average Bonchev–Trinajstić information content (AvgIpc) is 3.19. The summed E-state index contributed by atoms with van der Waals surface area (Å²) in [7, 11) is 0. The van der Waals surface area contributed by atoms with Crippen LogP contribution in [0.1, 0.15) is 25.7 Å². The molecule has 0 saturated heterocycles. The molecule has 1 aromatic carbocycles. The topological polar surface area (TPSA) is 76.0 Å². The first-order valence-corrected chi connectivity index (χ1v) is 7.45. The molecule has 1 fully saturated rings. The van der Waals surface area contributed by atoms with E-state index >= 15 is 0 Å². The van der Waals surface area contributed by atoms with Gasteiger partial charge in [0.2, 0.25) is 0 Å². The first-order valence-electron chi connectivity index (χ1n) is 7.45. The quantitative estimate of drug-likeness (QED) is 0.849. The molecular weight excluding hydrogens is 280 g/mol. The number of carbonyl (C=O) groups excluding carboxylic acids is 2. The molecule has 3 rings (SSSR count). The molecule has 1 aliphatic carbocycles. The predicted molar refractivity (Wildman–Crippen MR) is 82.6 cm³/mol. The molecule has 0 spiro atoms. The highest BCUT2D eigenvalue weighted by molar-refractivity contribution is 6.39. The SMILES string of the molecule is O=C(Nc1ccnn1-c1ccccc1)C(=O)NC1CCCC1. The Bertz CT molecular complexity index is 660. The summed E-state index contributed by atoms with van der Waals surface area (Å²) in [5, 5.41) is 9.55. The molecule has 114 valence electrons. The van der Waals surface area contributed by atoms with E-state index < -0.39 is 11.8 Å². The average molecular weight is 298 g/mol. The number of nitrogens with one attached hydrogen (secondary N) is 2. The standard InChI is InChI=1S/C16H18N4O2/c21-15(18-12-6-4-5-7-12)16(22)19-14-10-11-17-20(14)13-8-2-1-3-9-13/h1-3,8-12H,4-7H2,(H,18,21)(H,19,22). The fraction of sp³-hybridized carbons (Fsp3) is 0.312. The zero-order valence-corrected chi connectivity index (χ0v) is 12.2. The van der Waals surface area contributed by atoms with Gasteiger partial charge >= 0.3 is 11.8 Å². The van der Waals surface area contributed by atoms with Crippen LogP contribution in [0.4, 0.5) is 5.82 Å². The number of aromatic nitrogens is 2. The number of rotatable bonds is 3. The van der Waals surface area contributed by atoms with E-state index in [-0.39, 0.29) is 6.04 Å². The van der Waals surface area contributed by atoms with Crippen LogP contribution in [0.5, 0.6) is 0 Å². The smallest absolute Gasteiger partial charge is 0.314 e. The van der Waals surface area contributed by atoms with E-state index in [0.717, 1.165) is 31.4 Å². The molecule has 0 atom stereocenters. The van der Waals surface area contributed by atoms with Gasteiger partial charge in [-0.15, -0.1) is 0 Å². The van der Waals surface area contributed by atoms with Crippen molar-refractivity contribution in [1.82, 2.24) is 15.1 Å². The molecule has 2 N–H and O–H groups in total. The number of nitrogens with zero attached hydrogens (tertiary/aromatic N) is 2. The number of hydrogen-bond donors (Lipinski definition) is 2. The number of benzene rings is 1. The van der Waals surface area contributed by atoms with Gasteiger partial charge in [0.25, 0.3) is 0 Å². The van der Waals surface area contributed by atoms with Gasteiger partial charge in [-0.25, -0.2) is 4.68 Å². The van der Waals surface area contributed by atoms with Crippen molar-refractivity contribution in [2.75, 3.05) is 5.32 Å². The van der Waals surface area contributed by atoms with Crippen molar-refractivity contribution in [2.45, 2.75) is 31.7 Å². The maximum absolute atomic E-state index is 12.0. The summed E-state index contributed by atoms with van der Waals surface area (Å²) in [6.07, 6.45) is 5.68. The molecule has 22 heavy (non-hydrogen) atoms. The van der Waals surface area contributed by atoms with Crippen molar-refractivity contribution < 1.29 is 9.59 Å². The molecule has 0 unspecified atom stereocenters. The van der Waals surface area contributed by atoms with Crippen LogP contribution >= 0.6 is 0 Å². The fourth-order valence-corrected chi connectivity index (χ4v) is 2.67. The van der Waals surface area contributed by atoms with Crippen molar-refractivity contribution >= 4 is 17.6 Å². The number of carbonyl (C=O) groups is 2. The second-order valence-corrected chi connectivity index (χ2v) is 5.37. The van der Waals surface area contributed by atoms with E-state index in [1.807, 2.05) is 30.3 Å². The van der Waals surface area contributed by atoms with Crippen molar-refractivity contribution in [3.63, 3.8) is 0 Å². The third-order valence-electron chi connectivity index (χ3n) is 3.78. The minimum atomic E-state index is -0.662. The summed E-state index contributed by atoms with van der Waals surface area (Å²) in [6, 6.07) is 11.2. The Labute approximate surface area is 128 Å². The lowest BCUT2D eigenvalue weighted by molar-refractivity contribution is -0.136. The Kier molecular flexibility index (Phi) is 4.18. The van der Waals surface area contributed by atoms with Crippen LogP contribution in [-0.4, -0.2) is 27.6 Å². The van der Waals surface area contributed by atoms with E-state index in [4.69, 9.17) is 0 Å². The molecule has 6 heteroatoms. The minimum absolute atomic E-state index is 0.122. The Hall–Kier alpha value is -2.63. The molecule has 1 heterocycles. The lowest BCUT2D eigenvalue weighted by atomic mass is 10.2. The summed E-state index contributed by atoms with van der Waals surface area (Å²) in [5.41, 5.74) is 0.819. The normalized spacial score (nSPS) is 14.7. The molecular formula is C16H18N4O2. The van der Waals surface area contributed by atoms with Gasteiger partial charge < -0.3 is 10.6 Å². The Morgan fingerprint density at radius 3 is 2.50 bits per heavy atom. The summed E-state index contributed by atoms with van der Waals surface area (Å²) in [5.74, 6) is -0.782. The van der Waals surface area contributed by atoms with E-state index in [1.165, 1.54) is 0 Å². The molecule has 2 aromatic rings. The number of hydrogen-bond acceptors (Lipinski definition) is 3. The van der Waals surface area contributed by atoms with Gasteiger partial charge in [-0.1, -0.05) is 31.0 Å². The lowest BCUT2D eigenvalue weighted by Gasteiger charge is -2.12. The number of anilines is 1. The summed E-state index contributed by atoms with van der Waals surface area (Å²) < 4.78 is 1.58. The monoisotopic (exact) mass is 298 g/mol. The zero-order valence-electron chi connectivity index (χ0n) is 12.2. The summed E-state index contributed by atoms with van der Waals surface area (Å²) in [4.78, 5) is 23.9. The first kappa shape index (κ1) is 14.3. The molecule has 2 amide bonds. The Morgan fingerprint density at radius 1 is 1.05 bits per heavy atom. The van der Waals surface area contributed by atoms with Crippen LogP contribution in [-0.2, 0) is 9.59 Å². The van der Waals surface area contributed by atoms with E-state index in [1.54, 1.807) is 16.9 Å². The van der Waals surface area contributed by atoms with Gasteiger partial charge in [-0.2, -0.15) is 5.10 Å². The van der Waals surface area contributed by atoms with Crippen molar-refractivity contribution in [3.05, 3.63) is 42.6 Å². The van der Waals surface area contributed by atoms with Crippen LogP contribution in [0.2, 0.25) is 0 Å². The van der Waals surface area contributed by atoms with E-state index in [9.17, 15) is 9.59 Å². The first-order chi connectivity index (χ1) is 10.7. The molecule has 1 saturated carbocycles. The zero-order chi connectivity index (χ0) is 15.4. The largest absolute Gasteiger partial charge is 0.345 e. The van der Waals surface area contributed by atoms with Gasteiger partial charge in [0.05, 0.1) is 11.9 Å². The highest BCUT2D eigenvalue weighted by atomic mass is 16.2. The number of amides is 2. The highest BCUT2D eigenvalue weighted by Gasteiger charge is 2.22. The van der Waals surface area contributed by atoms with Crippen molar-refractivity contribution in [3.8, 4) is 5.69 Å². The van der Waals surface area contributed by atoms with Gasteiger partial charge in [0, 0.05) is 12.1 Å². The van der Waals surface area contributed by atoms with Crippen LogP contribution < -0.4 is 10.6 Å². The van der Waals surface area contributed by atoms with Crippen LogP contribution in [0, 0.1) is 0 Å². The van der Waals surface area contributed by atoms with Crippen LogP contribution in [0.25, 0.3) is 5.69 Å². The van der Waals surface area contributed by atoms with Gasteiger partial charge in [-0.3, -0.25) is 9.59 Å². The van der Waals surface area contributed by atoms with Gasteiger partial charge in [0.1, 0.15) is 5.82 Å². The van der Waals surface area contributed by atoms with Gasteiger partial charge in [-0.05, 0) is 25.0 Å². The molecule has 0 aliphatic heterocycles. The molecule has 1 aliphatic rings. The Balaban J connectivity index is 1.67. The van der Waals surface area contributed by atoms with Crippen molar-refractivity contribution in [2.24, 2.45) is 0 Å². The third kappa shape index (κ3) is 3.16. The number of para-hydroxylation sites is 1. The summed E-state index contributed by atoms with van der Waals surface area (Å²) in [6.45, 7) is 0. The lowest BCUT2D eigenvalue weighted by Crippen LogP contribution is -2.40. The maximum atomic E-state index is 12.0. The highest BCUT2D eigenvalue weighted by Crippen LogP contribution is 2.18. The van der Waals surface area contributed by atoms with E-state index in [2.05, 4.69) is 15.7 Å². The van der Waals surface area contributed by atoms with Gasteiger partial charge in [0.15, 0.2) is 0 Å². The molecule has 0 bridgehead atoms.